The van der Waals surface area contributed by atoms with Gasteiger partial charge in [-0.15, -0.1) is 0 Å². The van der Waals surface area contributed by atoms with Crippen LogP contribution in [0.1, 0.15) is 0 Å². The predicted octanol–water partition coefficient (Wildman–Crippen LogP) is 13.2. The van der Waals surface area contributed by atoms with Crippen LogP contribution in [0.25, 0.3) is 9.30 Å². The molecule has 0 aliphatic rings. The SMILES string of the molecule is C[Si](C)(C[PH+](c1ccccc1)c1ccccc1)[N-][Si](C)(C)C[PH+](c1ccccc1)c1ccccc1.C[Si](C)(C[PH+](c1ccccc1)c1ccccc1)[N-][Si](C)(C)C[PH+](c1ccccc1)c1ccccc1.[Cu+2].[Cu+2]. The first-order valence-electron chi connectivity index (χ1n) is 25.0. The summed E-state index contributed by atoms with van der Waals surface area (Å²) in [5.41, 5.74) is 0. The second kappa shape index (κ2) is 29.0. The van der Waals surface area contributed by atoms with Gasteiger partial charge in [-0.25, -0.2) is 0 Å². The van der Waals surface area contributed by atoms with Crippen LogP contribution >= 0.6 is 31.7 Å². The largest absolute Gasteiger partial charge is 2.00 e. The molecule has 12 heteroatoms. The monoisotopic (exact) mass is 1190 g/mol. The second-order valence-corrected chi connectivity index (χ2v) is 51.4. The van der Waals surface area contributed by atoms with Crippen molar-refractivity contribution in [2.24, 2.45) is 0 Å². The fourth-order valence-electron chi connectivity index (χ4n) is 10.1. The van der Waals surface area contributed by atoms with Crippen molar-refractivity contribution in [2.45, 2.75) is 52.4 Å². The molecule has 0 heterocycles. The van der Waals surface area contributed by atoms with Crippen LogP contribution < -0.4 is 42.4 Å². The molecule has 0 aliphatic carbocycles. The standard InChI is InChI=1S/2C30H36NP2Si2.2Cu/c2*1-34(2,25-32(27-17-9-5-10-18-27)28-19-11-6-12-20-28)31-35(3,4)26-33(29-21-13-7-14-22-29)30-23-15-8-16-24-30;;/h2*5-24H,25-26H2,1-4H3;;/q2*-1;2*+2/p+4. The van der Waals surface area contributed by atoms with Gasteiger partial charge in [-0.05, 0) is 130 Å². The first-order valence-corrected chi connectivity index (χ1v) is 44.5. The Hall–Kier alpha value is -2.69. The molecule has 8 aromatic carbocycles. The Labute approximate surface area is 464 Å². The van der Waals surface area contributed by atoms with E-state index >= 15 is 0 Å². The number of hydrogen-bond acceptors (Lipinski definition) is 0. The smallest absolute Gasteiger partial charge is 0.661 e. The van der Waals surface area contributed by atoms with Gasteiger partial charge in [0, 0.05) is 23.1 Å². The van der Waals surface area contributed by atoms with Crippen LogP contribution in [0.4, 0.5) is 0 Å². The Morgan fingerprint density at radius 2 is 0.333 bits per heavy atom. The van der Waals surface area contributed by atoms with Crippen molar-refractivity contribution in [3.05, 3.63) is 252 Å². The summed E-state index contributed by atoms with van der Waals surface area (Å²) in [5.74, 6) is 5.00. The summed E-state index contributed by atoms with van der Waals surface area (Å²) >= 11 is 0. The molecule has 378 valence electrons. The van der Waals surface area contributed by atoms with Gasteiger partial charge in [0.1, 0.15) is 0 Å². The van der Waals surface area contributed by atoms with E-state index in [0.29, 0.717) is 0 Å². The summed E-state index contributed by atoms with van der Waals surface area (Å²) in [7, 11) is -10.6. The number of rotatable bonds is 20. The third kappa shape index (κ3) is 18.8. The van der Waals surface area contributed by atoms with Gasteiger partial charge in [-0.1, -0.05) is 198 Å². The fourth-order valence-corrected chi connectivity index (χ4v) is 53.8. The minimum atomic E-state index is -1.79. The average Bonchev–Trinajstić information content (AvgIpc) is 3.37. The van der Waals surface area contributed by atoms with Gasteiger partial charge in [-0.3, -0.25) is 0 Å². The van der Waals surface area contributed by atoms with E-state index in [-0.39, 0.29) is 34.1 Å². The third-order valence-corrected chi connectivity index (χ3v) is 50.1. The van der Waals surface area contributed by atoms with Crippen LogP contribution in [0.3, 0.4) is 0 Å². The molecule has 0 amide bonds. The van der Waals surface area contributed by atoms with Gasteiger partial charge in [0.25, 0.3) is 0 Å². The van der Waals surface area contributed by atoms with E-state index in [2.05, 4.69) is 295 Å². The van der Waals surface area contributed by atoms with Crippen molar-refractivity contribution >= 4 is 107 Å². The minimum absolute atomic E-state index is 0. The van der Waals surface area contributed by atoms with Gasteiger partial charge in [0.15, 0.2) is 0 Å². The van der Waals surface area contributed by atoms with Crippen LogP contribution in [0, 0.1) is 0 Å². The molecule has 0 bridgehead atoms. The van der Waals surface area contributed by atoms with Crippen LogP contribution in [-0.4, -0.2) is 56.1 Å². The molecule has 0 aliphatic heterocycles. The second-order valence-electron chi connectivity index (χ2n) is 21.0. The van der Waals surface area contributed by atoms with Gasteiger partial charge in [0.05, 0.1) is 74.1 Å². The summed E-state index contributed by atoms with van der Waals surface area (Å²) in [5, 5.41) is 12.1. The quantitative estimate of drug-likeness (QED) is 0.0537. The minimum Gasteiger partial charge on any atom is -0.661 e. The van der Waals surface area contributed by atoms with Crippen molar-refractivity contribution < 1.29 is 34.1 Å². The van der Waals surface area contributed by atoms with Crippen molar-refractivity contribution in [2.75, 3.05) is 23.1 Å². The van der Waals surface area contributed by atoms with Crippen LogP contribution in [-0.2, 0) is 34.1 Å². The molecule has 0 saturated heterocycles. The van der Waals surface area contributed by atoms with E-state index in [0.717, 1.165) is 0 Å². The maximum absolute atomic E-state index is 5.85. The van der Waals surface area contributed by atoms with Gasteiger partial charge < -0.3 is 9.30 Å². The molecule has 0 N–H and O–H groups in total. The molecule has 0 saturated carbocycles. The Balaban J connectivity index is 0.000000260. The zero-order valence-corrected chi connectivity index (χ0v) is 53.3. The van der Waals surface area contributed by atoms with E-state index in [1.807, 2.05) is 0 Å². The molecule has 2 radical (unpaired) electrons. The van der Waals surface area contributed by atoms with Gasteiger partial charge in [-0.2, -0.15) is 0 Å². The average molecular weight is 1190 g/mol. The number of nitrogens with zero attached hydrogens (tertiary/aromatic N) is 2. The maximum atomic E-state index is 5.85. The zero-order valence-electron chi connectivity index (χ0n) is 43.4. The molecule has 0 aromatic heterocycles. The summed E-state index contributed by atoms with van der Waals surface area (Å²) < 4.78 is 11.7. The molecular weight excluding hydrogens is 1110 g/mol. The topological polar surface area (TPSA) is 28.2 Å². The van der Waals surface area contributed by atoms with Crippen LogP contribution in [0.5, 0.6) is 0 Å². The van der Waals surface area contributed by atoms with Gasteiger partial charge in [0.2, 0.25) is 0 Å². The molecule has 72 heavy (non-hydrogen) atoms. The Bertz CT molecular complexity index is 2200. The van der Waals surface area contributed by atoms with Gasteiger partial charge >= 0.3 is 34.1 Å². The third-order valence-electron chi connectivity index (χ3n) is 12.6. The van der Waals surface area contributed by atoms with Crippen molar-refractivity contribution in [3.8, 4) is 0 Å². The molecule has 8 aromatic rings. The van der Waals surface area contributed by atoms with Crippen molar-refractivity contribution in [1.82, 2.24) is 0 Å². The van der Waals surface area contributed by atoms with Crippen molar-refractivity contribution in [1.29, 1.82) is 0 Å². The maximum Gasteiger partial charge on any atom is 2.00 e. The van der Waals surface area contributed by atoms with Crippen molar-refractivity contribution in [3.63, 3.8) is 0 Å². The predicted molar refractivity (Wildman–Crippen MR) is 338 cm³/mol. The molecule has 0 spiro atoms. The first kappa shape index (κ1) is 60.2. The van der Waals surface area contributed by atoms with E-state index < -0.39 is 64.6 Å². The molecule has 0 unspecified atom stereocenters. The molecule has 8 rings (SSSR count). The summed E-state index contributed by atoms with van der Waals surface area (Å²) in [6.07, 6.45) is 0. The normalized spacial score (nSPS) is 11.9. The molecule has 2 nitrogen and oxygen atoms in total. The van der Waals surface area contributed by atoms with E-state index in [4.69, 9.17) is 9.30 Å². The number of hydrogen-bond donors (Lipinski definition) is 0. The number of benzene rings is 8. The van der Waals surface area contributed by atoms with E-state index in [9.17, 15) is 0 Å². The first-order chi connectivity index (χ1) is 33.7. The van der Waals surface area contributed by atoms with Crippen LogP contribution in [0.15, 0.2) is 243 Å². The summed E-state index contributed by atoms with van der Waals surface area (Å²) in [6, 6.07) is 89.5. The van der Waals surface area contributed by atoms with E-state index in [1.54, 1.807) is 0 Å². The van der Waals surface area contributed by atoms with Crippen LogP contribution in [0.2, 0.25) is 52.4 Å². The molecular formula is C60H76Cu2N2P4Si4+6. The fraction of sp³-hybridized carbons (Fsp3) is 0.200. The Morgan fingerprint density at radius 1 is 0.222 bits per heavy atom. The zero-order chi connectivity index (χ0) is 49.5. The Kier molecular flexibility index (Phi) is 24.2. The van der Waals surface area contributed by atoms with E-state index in [1.165, 1.54) is 65.6 Å². The molecule has 0 fully saturated rings. The summed E-state index contributed by atoms with van der Waals surface area (Å²) in [4.78, 5) is 0. The summed E-state index contributed by atoms with van der Waals surface area (Å²) in [6.45, 7) is 20.1. The molecule has 0 atom stereocenters. The Morgan fingerprint density at radius 3 is 0.444 bits per heavy atom.